The van der Waals surface area contributed by atoms with Crippen LogP contribution in [0.5, 0.6) is 0 Å². The topological polar surface area (TPSA) is 21.3 Å². The van der Waals surface area contributed by atoms with Crippen LogP contribution in [0.1, 0.15) is 27.2 Å². The van der Waals surface area contributed by atoms with E-state index in [0.29, 0.717) is 6.04 Å². The zero-order valence-corrected chi connectivity index (χ0v) is 8.90. The van der Waals surface area contributed by atoms with Gasteiger partial charge in [-0.25, -0.2) is 0 Å². The van der Waals surface area contributed by atoms with Gasteiger partial charge in [-0.2, -0.15) is 0 Å². The van der Waals surface area contributed by atoms with Crippen LogP contribution in [-0.2, 0) is 4.74 Å². The molecule has 0 aromatic rings. The second-order valence-corrected chi connectivity index (χ2v) is 3.86. The first-order valence-corrected chi connectivity index (χ1v) is 4.31. The second kappa shape index (κ2) is 4.63. The van der Waals surface area contributed by atoms with Gasteiger partial charge in [-0.1, -0.05) is 12.2 Å². The highest BCUT2D eigenvalue weighted by atomic mass is 16.5. The first-order chi connectivity index (χ1) is 5.43. The van der Waals surface area contributed by atoms with E-state index in [1.807, 2.05) is 14.0 Å². The molecule has 0 aromatic carbocycles. The van der Waals surface area contributed by atoms with Gasteiger partial charge in [-0.15, -0.1) is 0 Å². The molecule has 0 fully saturated rings. The fraction of sp³-hybridized carbons (Fsp3) is 0.800. The molecule has 0 rings (SSSR count). The summed E-state index contributed by atoms with van der Waals surface area (Å²) in [7, 11) is 3.69. The van der Waals surface area contributed by atoms with Crippen LogP contribution in [0.3, 0.4) is 0 Å². The van der Waals surface area contributed by atoms with Crippen LogP contribution in [0.25, 0.3) is 0 Å². The Balaban J connectivity index is 4.11. The van der Waals surface area contributed by atoms with Crippen molar-refractivity contribution in [2.45, 2.75) is 38.8 Å². The molecule has 0 aliphatic carbocycles. The standard InChI is InChI=1S/C10H21NO/c1-8(2)9(11-5)7-10(3,4)12-6/h9,11H,1,7H2,2-6H3. The molecule has 0 saturated heterocycles. The van der Waals surface area contributed by atoms with E-state index in [9.17, 15) is 0 Å². The van der Waals surface area contributed by atoms with Crippen LogP contribution >= 0.6 is 0 Å². The zero-order chi connectivity index (χ0) is 9.78. The van der Waals surface area contributed by atoms with Crippen molar-refractivity contribution in [3.63, 3.8) is 0 Å². The van der Waals surface area contributed by atoms with Gasteiger partial charge in [0.05, 0.1) is 5.60 Å². The van der Waals surface area contributed by atoms with E-state index in [1.165, 1.54) is 0 Å². The lowest BCUT2D eigenvalue weighted by Gasteiger charge is -2.28. The number of methoxy groups -OCH3 is 1. The maximum Gasteiger partial charge on any atom is 0.0640 e. The van der Waals surface area contributed by atoms with Gasteiger partial charge in [0, 0.05) is 13.2 Å². The molecule has 0 heterocycles. The smallest absolute Gasteiger partial charge is 0.0640 e. The number of ether oxygens (including phenoxy) is 1. The van der Waals surface area contributed by atoms with Gasteiger partial charge in [0.1, 0.15) is 0 Å². The molecule has 0 aliphatic rings. The molecule has 2 nitrogen and oxygen atoms in total. The van der Waals surface area contributed by atoms with Crippen LogP contribution < -0.4 is 5.32 Å². The van der Waals surface area contributed by atoms with Crippen molar-refractivity contribution in [1.82, 2.24) is 5.32 Å². The van der Waals surface area contributed by atoms with Crippen molar-refractivity contribution in [2.75, 3.05) is 14.2 Å². The molecule has 0 amide bonds. The average Bonchev–Trinajstić information content (AvgIpc) is 2.00. The van der Waals surface area contributed by atoms with E-state index < -0.39 is 0 Å². The fourth-order valence-corrected chi connectivity index (χ4v) is 1.10. The molecule has 0 spiro atoms. The number of hydrogen-bond donors (Lipinski definition) is 1. The minimum absolute atomic E-state index is 0.0768. The van der Waals surface area contributed by atoms with Crippen molar-refractivity contribution in [3.8, 4) is 0 Å². The lowest BCUT2D eigenvalue weighted by molar-refractivity contribution is 0.0104. The number of likely N-dealkylation sites (N-methyl/N-ethyl adjacent to an activating group) is 1. The molecule has 12 heavy (non-hydrogen) atoms. The summed E-state index contributed by atoms with van der Waals surface area (Å²) in [4.78, 5) is 0. The third-order valence-electron chi connectivity index (χ3n) is 2.19. The Kier molecular flexibility index (Phi) is 4.50. The van der Waals surface area contributed by atoms with Gasteiger partial charge >= 0.3 is 0 Å². The third kappa shape index (κ3) is 3.88. The van der Waals surface area contributed by atoms with Crippen molar-refractivity contribution >= 4 is 0 Å². The Labute approximate surface area is 76.0 Å². The van der Waals surface area contributed by atoms with Crippen LogP contribution in [0.2, 0.25) is 0 Å². The molecule has 2 heteroatoms. The second-order valence-electron chi connectivity index (χ2n) is 3.86. The maximum atomic E-state index is 5.34. The van der Waals surface area contributed by atoms with Gasteiger partial charge in [-0.05, 0) is 34.2 Å². The molecular formula is C10H21NO. The highest BCUT2D eigenvalue weighted by Gasteiger charge is 2.21. The predicted molar refractivity (Wildman–Crippen MR) is 53.4 cm³/mol. The highest BCUT2D eigenvalue weighted by molar-refractivity contribution is 5.03. The van der Waals surface area contributed by atoms with Gasteiger partial charge in [0.25, 0.3) is 0 Å². The Morgan fingerprint density at radius 3 is 2.33 bits per heavy atom. The average molecular weight is 171 g/mol. The van der Waals surface area contributed by atoms with Crippen LogP contribution in [0.4, 0.5) is 0 Å². The van der Waals surface area contributed by atoms with E-state index in [0.717, 1.165) is 12.0 Å². The molecule has 0 bridgehead atoms. The number of hydrogen-bond acceptors (Lipinski definition) is 2. The molecule has 0 aliphatic heterocycles. The van der Waals surface area contributed by atoms with Gasteiger partial charge < -0.3 is 10.1 Å². The Morgan fingerprint density at radius 2 is 2.08 bits per heavy atom. The normalized spacial score (nSPS) is 14.4. The minimum Gasteiger partial charge on any atom is -0.379 e. The molecule has 0 radical (unpaired) electrons. The molecule has 0 saturated carbocycles. The molecule has 1 unspecified atom stereocenters. The summed E-state index contributed by atoms with van der Waals surface area (Å²) in [6.45, 7) is 10.1. The summed E-state index contributed by atoms with van der Waals surface area (Å²) in [5, 5.41) is 3.21. The van der Waals surface area contributed by atoms with Crippen molar-refractivity contribution in [1.29, 1.82) is 0 Å². The maximum absolute atomic E-state index is 5.34. The van der Waals surface area contributed by atoms with Crippen molar-refractivity contribution in [2.24, 2.45) is 0 Å². The van der Waals surface area contributed by atoms with Gasteiger partial charge in [0.2, 0.25) is 0 Å². The highest BCUT2D eigenvalue weighted by Crippen LogP contribution is 2.18. The first-order valence-electron chi connectivity index (χ1n) is 4.31. The quantitative estimate of drug-likeness (QED) is 0.638. The summed E-state index contributed by atoms with van der Waals surface area (Å²) < 4.78 is 5.34. The van der Waals surface area contributed by atoms with Crippen LogP contribution in [0.15, 0.2) is 12.2 Å². The van der Waals surface area contributed by atoms with Crippen molar-refractivity contribution < 1.29 is 4.74 Å². The molecular weight excluding hydrogens is 150 g/mol. The summed E-state index contributed by atoms with van der Waals surface area (Å²) in [5.74, 6) is 0. The predicted octanol–water partition coefficient (Wildman–Crippen LogP) is 1.97. The SMILES string of the molecule is C=C(C)C(CC(C)(C)OC)NC. The summed E-state index contributed by atoms with van der Waals surface area (Å²) in [5.41, 5.74) is 1.08. The summed E-state index contributed by atoms with van der Waals surface area (Å²) in [6, 6.07) is 0.347. The van der Waals surface area contributed by atoms with Gasteiger partial charge in [0.15, 0.2) is 0 Å². The van der Waals surface area contributed by atoms with E-state index in [2.05, 4.69) is 25.7 Å². The summed E-state index contributed by atoms with van der Waals surface area (Å²) >= 11 is 0. The Morgan fingerprint density at radius 1 is 1.58 bits per heavy atom. The first kappa shape index (κ1) is 11.7. The van der Waals surface area contributed by atoms with E-state index in [-0.39, 0.29) is 5.60 Å². The van der Waals surface area contributed by atoms with E-state index >= 15 is 0 Å². The van der Waals surface area contributed by atoms with Crippen molar-refractivity contribution in [3.05, 3.63) is 12.2 Å². The molecule has 1 atom stereocenters. The van der Waals surface area contributed by atoms with Gasteiger partial charge in [-0.3, -0.25) is 0 Å². The minimum atomic E-state index is -0.0768. The Hall–Kier alpha value is -0.340. The number of nitrogens with one attached hydrogen (secondary N) is 1. The lowest BCUT2D eigenvalue weighted by Crippen LogP contribution is -2.36. The van der Waals surface area contributed by atoms with E-state index in [4.69, 9.17) is 4.74 Å². The molecule has 72 valence electrons. The lowest BCUT2D eigenvalue weighted by atomic mass is 9.95. The number of rotatable bonds is 5. The fourth-order valence-electron chi connectivity index (χ4n) is 1.10. The third-order valence-corrected chi connectivity index (χ3v) is 2.19. The Bertz CT molecular complexity index is 152. The van der Waals surface area contributed by atoms with Crippen LogP contribution in [-0.4, -0.2) is 25.8 Å². The molecule has 0 aromatic heterocycles. The van der Waals surface area contributed by atoms with E-state index in [1.54, 1.807) is 7.11 Å². The zero-order valence-electron chi connectivity index (χ0n) is 8.90. The summed E-state index contributed by atoms with van der Waals surface area (Å²) in [6.07, 6.45) is 0.954. The molecule has 1 N–H and O–H groups in total. The monoisotopic (exact) mass is 171 g/mol. The largest absolute Gasteiger partial charge is 0.379 e. The van der Waals surface area contributed by atoms with Crippen LogP contribution in [0, 0.1) is 0 Å².